The van der Waals surface area contributed by atoms with Gasteiger partial charge < -0.3 is 5.32 Å². The zero-order valence-corrected chi connectivity index (χ0v) is 12.6. The van der Waals surface area contributed by atoms with E-state index in [2.05, 4.69) is 41.5 Å². The number of aromatic nitrogens is 1. The monoisotopic (exact) mass is 274 g/mol. The van der Waals surface area contributed by atoms with Crippen LogP contribution < -0.4 is 5.32 Å². The molecule has 0 amide bonds. The molecule has 0 fully saturated rings. The maximum atomic E-state index is 4.26. The highest BCUT2D eigenvalue weighted by Crippen LogP contribution is 2.16. The standard InChI is InChI=1S/C16H22N2S/c1-3-4-5-6-14-7-9-15(10-8-14)18-12-16-11-17-13(2)19-16/h7-11,18H,3-6,12H2,1-2H3. The van der Waals surface area contributed by atoms with Gasteiger partial charge in [-0.2, -0.15) is 0 Å². The molecule has 0 spiro atoms. The van der Waals surface area contributed by atoms with Gasteiger partial charge in [0.25, 0.3) is 0 Å². The van der Waals surface area contributed by atoms with Crippen LogP contribution in [0.5, 0.6) is 0 Å². The highest BCUT2D eigenvalue weighted by atomic mass is 32.1. The molecule has 0 saturated heterocycles. The molecule has 102 valence electrons. The first-order chi connectivity index (χ1) is 9.28. The van der Waals surface area contributed by atoms with Crippen molar-refractivity contribution in [3.8, 4) is 0 Å². The maximum Gasteiger partial charge on any atom is 0.0897 e. The zero-order chi connectivity index (χ0) is 13.5. The molecule has 2 nitrogen and oxygen atoms in total. The number of anilines is 1. The lowest BCUT2D eigenvalue weighted by molar-refractivity contribution is 0.717. The van der Waals surface area contributed by atoms with Crippen molar-refractivity contribution in [2.45, 2.75) is 46.1 Å². The summed E-state index contributed by atoms with van der Waals surface area (Å²) < 4.78 is 0. The van der Waals surface area contributed by atoms with Crippen LogP contribution in [0.4, 0.5) is 5.69 Å². The summed E-state index contributed by atoms with van der Waals surface area (Å²) in [6, 6.07) is 8.82. The number of thiazole rings is 1. The van der Waals surface area contributed by atoms with E-state index in [-0.39, 0.29) is 0 Å². The topological polar surface area (TPSA) is 24.9 Å². The fourth-order valence-corrected chi connectivity index (χ4v) is 2.78. The lowest BCUT2D eigenvalue weighted by Gasteiger charge is -2.06. The Hall–Kier alpha value is -1.35. The van der Waals surface area contributed by atoms with Gasteiger partial charge in [-0.25, -0.2) is 4.98 Å². The molecule has 0 unspecified atom stereocenters. The smallest absolute Gasteiger partial charge is 0.0897 e. The summed E-state index contributed by atoms with van der Waals surface area (Å²) in [5.41, 5.74) is 2.62. The van der Waals surface area contributed by atoms with Crippen LogP contribution in [0.3, 0.4) is 0 Å². The third kappa shape index (κ3) is 4.67. The number of benzene rings is 1. The first-order valence-corrected chi connectivity index (χ1v) is 7.83. The summed E-state index contributed by atoms with van der Waals surface area (Å²) in [5, 5.41) is 4.57. The Morgan fingerprint density at radius 3 is 2.58 bits per heavy atom. The fraction of sp³-hybridized carbons (Fsp3) is 0.438. The van der Waals surface area contributed by atoms with Crippen LogP contribution in [0.2, 0.25) is 0 Å². The van der Waals surface area contributed by atoms with Crippen LogP contribution in [0, 0.1) is 6.92 Å². The zero-order valence-electron chi connectivity index (χ0n) is 11.8. The highest BCUT2D eigenvalue weighted by Gasteiger charge is 1.99. The summed E-state index contributed by atoms with van der Waals surface area (Å²) in [5.74, 6) is 0. The number of nitrogens with zero attached hydrogens (tertiary/aromatic N) is 1. The second kappa shape index (κ2) is 7.29. The van der Waals surface area contributed by atoms with E-state index in [1.54, 1.807) is 11.3 Å². The van der Waals surface area contributed by atoms with E-state index in [0.29, 0.717) is 0 Å². The van der Waals surface area contributed by atoms with E-state index in [4.69, 9.17) is 0 Å². The van der Waals surface area contributed by atoms with Gasteiger partial charge in [-0.3, -0.25) is 0 Å². The summed E-state index contributed by atoms with van der Waals surface area (Å²) in [7, 11) is 0. The Labute approximate surface area is 119 Å². The lowest BCUT2D eigenvalue weighted by Crippen LogP contribution is -1.97. The van der Waals surface area contributed by atoms with Gasteiger partial charge in [-0.05, 0) is 37.5 Å². The molecule has 1 aromatic heterocycles. The Kier molecular flexibility index (Phi) is 5.40. The van der Waals surface area contributed by atoms with Gasteiger partial charge in [0, 0.05) is 16.8 Å². The molecule has 1 N–H and O–H groups in total. The van der Waals surface area contributed by atoms with E-state index >= 15 is 0 Å². The molecule has 19 heavy (non-hydrogen) atoms. The van der Waals surface area contributed by atoms with Crippen molar-refractivity contribution in [2.75, 3.05) is 5.32 Å². The lowest BCUT2D eigenvalue weighted by atomic mass is 10.1. The van der Waals surface area contributed by atoms with E-state index in [0.717, 1.165) is 11.6 Å². The van der Waals surface area contributed by atoms with Gasteiger partial charge in [-0.1, -0.05) is 31.9 Å². The molecule has 0 bridgehead atoms. The minimum Gasteiger partial charge on any atom is -0.380 e. The van der Waals surface area contributed by atoms with Crippen molar-refractivity contribution < 1.29 is 0 Å². The SMILES string of the molecule is CCCCCc1ccc(NCc2cnc(C)s2)cc1. The van der Waals surface area contributed by atoms with Gasteiger partial charge in [0.1, 0.15) is 0 Å². The third-order valence-corrected chi connectivity index (χ3v) is 4.07. The first kappa shape index (κ1) is 14.1. The number of rotatable bonds is 7. The third-order valence-electron chi connectivity index (χ3n) is 3.16. The molecule has 2 aromatic rings. The van der Waals surface area contributed by atoms with Crippen LogP contribution in [-0.4, -0.2) is 4.98 Å². The molecule has 0 aliphatic heterocycles. The Morgan fingerprint density at radius 2 is 1.95 bits per heavy atom. The normalized spacial score (nSPS) is 10.6. The van der Waals surface area contributed by atoms with Gasteiger partial charge >= 0.3 is 0 Å². The minimum absolute atomic E-state index is 0.862. The first-order valence-electron chi connectivity index (χ1n) is 7.02. The van der Waals surface area contributed by atoms with Crippen molar-refractivity contribution in [3.63, 3.8) is 0 Å². The van der Waals surface area contributed by atoms with Crippen LogP contribution in [-0.2, 0) is 13.0 Å². The Bertz CT molecular complexity index is 488. The molecule has 3 heteroatoms. The van der Waals surface area contributed by atoms with Gasteiger partial charge in [-0.15, -0.1) is 11.3 Å². The van der Waals surface area contributed by atoms with Crippen molar-refractivity contribution in [3.05, 3.63) is 45.9 Å². The minimum atomic E-state index is 0.862. The van der Waals surface area contributed by atoms with Crippen LogP contribution in [0.15, 0.2) is 30.5 Å². The molecule has 1 aromatic carbocycles. The van der Waals surface area contributed by atoms with E-state index in [1.165, 1.54) is 41.8 Å². The van der Waals surface area contributed by atoms with Crippen molar-refractivity contribution in [1.29, 1.82) is 0 Å². The van der Waals surface area contributed by atoms with Gasteiger partial charge in [0.05, 0.1) is 11.6 Å². The molecule has 1 heterocycles. The Morgan fingerprint density at radius 1 is 1.16 bits per heavy atom. The maximum absolute atomic E-state index is 4.26. The fourth-order valence-electron chi connectivity index (χ4n) is 2.04. The molecular weight excluding hydrogens is 252 g/mol. The average molecular weight is 274 g/mol. The van der Waals surface area contributed by atoms with Crippen molar-refractivity contribution in [2.24, 2.45) is 0 Å². The molecular formula is C16H22N2S. The Balaban J connectivity index is 1.81. The highest BCUT2D eigenvalue weighted by molar-refractivity contribution is 7.11. The molecule has 0 radical (unpaired) electrons. The molecule has 0 aliphatic rings. The summed E-state index contributed by atoms with van der Waals surface area (Å²) >= 11 is 1.75. The number of hydrogen-bond acceptors (Lipinski definition) is 3. The van der Waals surface area contributed by atoms with Crippen LogP contribution in [0.1, 0.15) is 41.6 Å². The summed E-state index contributed by atoms with van der Waals surface area (Å²) in [6.45, 7) is 5.15. The van der Waals surface area contributed by atoms with Gasteiger partial charge in [0.15, 0.2) is 0 Å². The van der Waals surface area contributed by atoms with Crippen molar-refractivity contribution >= 4 is 17.0 Å². The van der Waals surface area contributed by atoms with Crippen LogP contribution in [0.25, 0.3) is 0 Å². The number of unbranched alkanes of at least 4 members (excludes halogenated alkanes) is 2. The van der Waals surface area contributed by atoms with Gasteiger partial charge in [0.2, 0.25) is 0 Å². The predicted molar refractivity (Wildman–Crippen MR) is 83.8 cm³/mol. The molecule has 0 atom stereocenters. The molecule has 0 saturated carbocycles. The molecule has 2 rings (SSSR count). The van der Waals surface area contributed by atoms with Crippen LogP contribution >= 0.6 is 11.3 Å². The van der Waals surface area contributed by atoms with E-state index in [1.807, 2.05) is 13.1 Å². The number of hydrogen-bond donors (Lipinski definition) is 1. The quantitative estimate of drug-likeness (QED) is 0.734. The van der Waals surface area contributed by atoms with Crippen molar-refractivity contribution in [1.82, 2.24) is 4.98 Å². The van der Waals surface area contributed by atoms with E-state index < -0.39 is 0 Å². The summed E-state index contributed by atoms with van der Waals surface area (Å²) in [4.78, 5) is 5.55. The second-order valence-electron chi connectivity index (χ2n) is 4.85. The summed E-state index contributed by atoms with van der Waals surface area (Å²) in [6.07, 6.45) is 7.05. The molecule has 0 aliphatic carbocycles. The largest absolute Gasteiger partial charge is 0.380 e. The number of aryl methyl sites for hydroxylation is 2. The second-order valence-corrected chi connectivity index (χ2v) is 6.17. The number of nitrogens with one attached hydrogen (secondary N) is 1. The predicted octanol–water partition coefficient (Wildman–Crippen LogP) is 4.80. The average Bonchev–Trinajstić information content (AvgIpc) is 2.84. The van der Waals surface area contributed by atoms with E-state index in [9.17, 15) is 0 Å².